The van der Waals surface area contributed by atoms with E-state index in [1.807, 2.05) is 13.0 Å². The Balaban J connectivity index is 1.45. The fourth-order valence-corrected chi connectivity index (χ4v) is 6.07. The SMILES string of the molecule is CC(c1ccc(Cl)cc1Cl)n1nc(C#N)c2ncc(N3CCC(N4CCCCC4)C(CO)C3)nc21. The van der Waals surface area contributed by atoms with Gasteiger partial charge in [-0.25, -0.2) is 14.6 Å². The lowest BCUT2D eigenvalue weighted by atomic mass is 9.90. The molecular formula is C25H29Cl2N7O. The zero-order chi connectivity index (χ0) is 24.5. The molecule has 5 rings (SSSR count). The van der Waals surface area contributed by atoms with Gasteiger partial charge in [-0.15, -0.1) is 0 Å². The Hall–Kier alpha value is -2.44. The number of aromatic nitrogens is 4. The van der Waals surface area contributed by atoms with Gasteiger partial charge in [-0.3, -0.25) is 4.90 Å². The van der Waals surface area contributed by atoms with Gasteiger partial charge in [0.15, 0.2) is 11.3 Å². The molecule has 0 saturated carbocycles. The van der Waals surface area contributed by atoms with Gasteiger partial charge in [0.25, 0.3) is 0 Å². The van der Waals surface area contributed by atoms with E-state index in [-0.39, 0.29) is 24.3 Å². The molecule has 1 N–H and O–H groups in total. The first kappa shape index (κ1) is 24.3. The van der Waals surface area contributed by atoms with Crippen molar-refractivity contribution in [1.29, 1.82) is 5.26 Å². The van der Waals surface area contributed by atoms with Crippen LogP contribution in [0.5, 0.6) is 0 Å². The summed E-state index contributed by atoms with van der Waals surface area (Å²) in [6.07, 6.45) is 6.46. The molecule has 0 aliphatic carbocycles. The minimum Gasteiger partial charge on any atom is -0.396 e. The van der Waals surface area contributed by atoms with Crippen molar-refractivity contribution in [3.05, 3.63) is 45.7 Å². The predicted molar refractivity (Wildman–Crippen MR) is 137 cm³/mol. The minimum atomic E-state index is -0.274. The van der Waals surface area contributed by atoms with E-state index < -0.39 is 0 Å². The predicted octanol–water partition coefficient (Wildman–Crippen LogP) is 4.29. The van der Waals surface area contributed by atoms with Crippen LogP contribution in [0.25, 0.3) is 11.2 Å². The van der Waals surface area contributed by atoms with Crippen LogP contribution in [-0.2, 0) is 0 Å². The van der Waals surface area contributed by atoms with Crippen molar-refractivity contribution in [1.82, 2.24) is 24.6 Å². The van der Waals surface area contributed by atoms with Crippen molar-refractivity contribution in [2.45, 2.75) is 44.7 Å². The molecule has 0 radical (unpaired) electrons. The maximum atomic E-state index is 10.2. The Morgan fingerprint density at radius 2 is 2.00 bits per heavy atom. The molecule has 1 aromatic carbocycles. The molecule has 3 aromatic rings. The number of hydrogen-bond donors (Lipinski definition) is 1. The van der Waals surface area contributed by atoms with Crippen molar-refractivity contribution >= 4 is 40.2 Å². The summed E-state index contributed by atoms with van der Waals surface area (Å²) in [5.41, 5.74) is 2.07. The highest BCUT2D eigenvalue weighted by molar-refractivity contribution is 6.35. The van der Waals surface area contributed by atoms with E-state index >= 15 is 0 Å². The molecule has 3 unspecified atom stereocenters. The molecule has 4 heterocycles. The van der Waals surface area contributed by atoms with Gasteiger partial charge in [0.1, 0.15) is 17.4 Å². The molecule has 2 fully saturated rings. The number of likely N-dealkylation sites (tertiary alicyclic amines) is 1. The van der Waals surface area contributed by atoms with E-state index in [4.69, 9.17) is 28.2 Å². The molecule has 2 aliphatic rings. The third-order valence-corrected chi connectivity index (χ3v) is 7.95. The minimum absolute atomic E-state index is 0.149. The summed E-state index contributed by atoms with van der Waals surface area (Å²) in [5.74, 6) is 0.888. The number of hydrogen-bond acceptors (Lipinski definition) is 7. The quantitative estimate of drug-likeness (QED) is 0.543. The summed E-state index contributed by atoms with van der Waals surface area (Å²) in [4.78, 5) is 14.2. The molecule has 35 heavy (non-hydrogen) atoms. The number of halogens is 2. The Morgan fingerprint density at radius 1 is 1.20 bits per heavy atom. The molecule has 0 amide bonds. The lowest BCUT2D eigenvalue weighted by Gasteiger charge is -2.45. The fraction of sp³-hybridized carbons (Fsp3) is 0.520. The van der Waals surface area contributed by atoms with Crippen LogP contribution in [0.4, 0.5) is 5.82 Å². The van der Waals surface area contributed by atoms with Crippen LogP contribution in [0.1, 0.15) is 49.9 Å². The Labute approximate surface area is 215 Å². The van der Waals surface area contributed by atoms with E-state index in [0.717, 1.165) is 44.0 Å². The highest BCUT2D eigenvalue weighted by atomic mass is 35.5. The molecule has 2 aromatic heterocycles. The number of anilines is 1. The maximum absolute atomic E-state index is 10.2. The van der Waals surface area contributed by atoms with Crippen LogP contribution in [0.3, 0.4) is 0 Å². The van der Waals surface area contributed by atoms with Crippen LogP contribution in [0.15, 0.2) is 24.4 Å². The topological polar surface area (TPSA) is 94.1 Å². The number of rotatable bonds is 5. The van der Waals surface area contributed by atoms with Crippen molar-refractivity contribution in [3.63, 3.8) is 0 Å². The summed E-state index contributed by atoms with van der Waals surface area (Å²) in [7, 11) is 0. The summed E-state index contributed by atoms with van der Waals surface area (Å²) < 4.78 is 1.71. The summed E-state index contributed by atoms with van der Waals surface area (Å²) in [6.45, 7) is 5.91. The van der Waals surface area contributed by atoms with Gasteiger partial charge in [-0.05, 0) is 57.0 Å². The van der Waals surface area contributed by atoms with Gasteiger partial charge in [0.05, 0.1) is 12.2 Å². The second-order valence-electron chi connectivity index (χ2n) is 9.49. The van der Waals surface area contributed by atoms with Gasteiger partial charge < -0.3 is 10.0 Å². The van der Waals surface area contributed by atoms with E-state index in [1.54, 1.807) is 23.0 Å². The first-order valence-electron chi connectivity index (χ1n) is 12.2. The number of piperidine rings is 2. The molecule has 3 atom stereocenters. The zero-order valence-corrected chi connectivity index (χ0v) is 21.3. The molecular weight excluding hydrogens is 485 g/mol. The van der Waals surface area contributed by atoms with Crippen LogP contribution in [-0.4, -0.2) is 68.6 Å². The summed E-state index contributed by atoms with van der Waals surface area (Å²) in [6, 6.07) is 7.61. The second kappa shape index (κ2) is 10.3. The molecule has 8 nitrogen and oxygen atoms in total. The second-order valence-corrected chi connectivity index (χ2v) is 10.3. The lowest BCUT2D eigenvalue weighted by molar-refractivity contribution is 0.0676. The lowest BCUT2D eigenvalue weighted by Crippen LogP contribution is -2.53. The Kier molecular flexibility index (Phi) is 7.12. The average molecular weight is 514 g/mol. The number of benzene rings is 1. The van der Waals surface area contributed by atoms with Crippen molar-refractivity contribution in [2.24, 2.45) is 5.92 Å². The van der Waals surface area contributed by atoms with Crippen LogP contribution in [0.2, 0.25) is 10.0 Å². The fourth-order valence-electron chi connectivity index (χ4n) is 5.51. The number of nitrogens with zero attached hydrogens (tertiary/aromatic N) is 7. The third-order valence-electron chi connectivity index (χ3n) is 7.39. The monoisotopic (exact) mass is 513 g/mol. The number of nitriles is 1. The number of aliphatic hydroxyl groups excluding tert-OH is 1. The van der Waals surface area contributed by atoms with Gasteiger partial charge >= 0.3 is 0 Å². The smallest absolute Gasteiger partial charge is 0.190 e. The standard InChI is InChI=1S/C25H29Cl2N7O/c1-16(19-6-5-18(26)11-20(19)27)34-25-24(21(12-28)31-34)29-13-23(30-25)33-10-7-22(17(14-33)15-35)32-8-3-2-4-9-32/h5-6,11,13,16-17,22,35H,2-4,7-10,14-15H2,1H3. The Bertz CT molecular complexity index is 1250. The van der Waals surface area contributed by atoms with Gasteiger partial charge in [0.2, 0.25) is 0 Å². The first-order valence-corrected chi connectivity index (χ1v) is 13.0. The van der Waals surface area contributed by atoms with E-state index in [1.165, 1.54) is 19.3 Å². The van der Waals surface area contributed by atoms with E-state index in [0.29, 0.717) is 27.3 Å². The highest BCUT2D eigenvalue weighted by Crippen LogP contribution is 2.32. The van der Waals surface area contributed by atoms with E-state index in [2.05, 4.69) is 26.0 Å². The number of aliphatic hydroxyl groups is 1. The van der Waals surface area contributed by atoms with E-state index in [9.17, 15) is 10.4 Å². The molecule has 2 saturated heterocycles. The molecule has 0 spiro atoms. The van der Waals surface area contributed by atoms with Crippen LogP contribution < -0.4 is 4.90 Å². The Morgan fingerprint density at radius 3 is 2.71 bits per heavy atom. The van der Waals surface area contributed by atoms with Crippen molar-refractivity contribution in [2.75, 3.05) is 37.7 Å². The average Bonchev–Trinajstić information content (AvgIpc) is 3.26. The summed E-state index contributed by atoms with van der Waals surface area (Å²) in [5, 5.41) is 25.4. The summed E-state index contributed by atoms with van der Waals surface area (Å²) >= 11 is 12.5. The third kappa shape index (κ3) is 4.70. The normalized spacial score (nSPS) is 22.3. The maximum Gasteiger partial charge on any atom is 0.190 e. The molecule has 0 bridgehead atoms. The zero-order valence-electron chi connectivity index (χ0n) is 19.7. The molecule has 2 aliphatic heterocycles. The molecule has 10 heteroatoms. The van der Waals surface area contributed by atoms with Gasteiger partial charge in [-0.2, -0.15) is 10.4 Å². The van der Waals surface area contributed by atoms with Crippen molar-refractivity contribution in [3.8, 4) is 6.07 Å². The van der Waals surface area contributed by atoms with Gasteiger partial charge in [0, 0.05) is 41.7 Å². The number of fused-ring (bicyclic) bond motifs is 1. The molecule has 184 valence electrons. The largest absolute Gasteiger partial charge is 0.396 e. The highest BCUT2D eigenvalue weighted by Gasteiger charge is 2.34. The van der Waals surface area contributed by atoms with Crippen LogP contribution >= 0.6 is 23.2 Å². The van der Waals surface area contributed by atoms with Crippen molar-refractivity contribution < 1.29 is 5.11 Å². The van der Waals surface area contributed by atoms with Crippen LogP contribution in [0, 0.1) is 17.2 Å². The van der Waals surface area contributed by atoms with Gasteiger partial charge in [-0.1, -0.05) is 35.7 Å². The first-order chi connectivity index (χ1) is 17.0.